The fourth-order valence-corrected chi connectivity index (χ4v) is 1.32. The molecule has 0 saturated carbocycles. The number of oxazole rings is 1. The van der Waals surface area contributed by atoms with Gasteiger partial charge in [-0.2, -0.15) is 0 Å². The van der Waals surface area contributed by atoms with Gasteiger partial charge in [-0.15, -0.1) is 0 Å². The molecule has 0 fully saturated rings. The van der Waals surface area contributed by atoms with Gasteiger partial charge in [0, 0.05) is 5.56 Å². The molecular weight excluding hydrogens is 192 g/mol. The molecule has 2 aromatic rings. The van der Waals surface area contributed by atoms with Gasteiger partial charge in [0.25, 0.3) is 5.89 Å². The van der Waals surface area contributed by atoms with Crippen molar-refractivity contribution in [1.29, 1.82) is 0 Å². The van der Waals surface area contributed by atoms with Crippen LogP contribution in [0.5, 0.6) is 0 Å². The van der Waals surface area contributed by atoms with Gasteiger partial charge in [-0.1, -0.05) is 23.8 Å². The van der Waals surface area contributed by atoms with Crippen molar-refractivity contribution >= 4 is 5.91 Å². The van der Waals surface area contributed by atoms with Gasteiger partial charge >= 0.3 is 5.91 Å². The summed E-state index contributed by atoms with van der Waals surface area (Å²) in [5.74, 6) is -0.722. The zero-order valence-corrected chi connectivity index (χ0v) is 8.23. The van der Waals surface area contributed by atoms with Crippen LogP contribution >= 0.6 is 0 Å². The average molecular weight is 202 g/mol. The Kier molecular flexibility index (Phi) is 2.25. The number of carbonyl (C=O) groups is 1. The number of amides is 1. The molecule has 4 heteroatoms. The van der Waals surface area contributed by atoms with Gasteiger partial charge in [-0.3, -0.25) is 4.79 Å². The van der Waals surface area contributed by atoms with Crippen LogP contribution in [-0.2, 0) is 0 Å². The van der Waals surface area contributed by atoms with E-state index in [1.807, 2.05) is 31.2 Å². The van der Waals surface area contributed by atoms with Crippen molar-refractivity contribution in [2.45, 2.75) is 6.92 Å². The Balaban J connectivity index is 2.41. The molecular formula is C11H10N2O2. The van der Waals surface area contributed by atoms with Gasteiger partial charge in [0.15, 0.2) is 0 Å². The number of nitrogens with two attached hydrogens (primary N) is 1. The van der Waals surface area contributed by atoms with Crippen LogP contribution in [0.15, 0.2) is 34.9 Å². The number of rotatable bonds is 2. The largest absolute Gasteiger partial charge is 0.440 e. The molecule has 0 atom stereocenters. The van der Waals surface area contributed by atoms with E-state index in [-0.39, 0.29) is 5.89 Å². The van der Waals surface area contributed by atoms with Gasteiger partial charge in [0.1, 0.15) is 12.0 Å². The molecule has 0 aliphatic carbocycles. The van der Waals surface area contributed by atoms with Gasteiger partial charge in [-0.25, -0.2) is 4.98 Å². The first-order chi connectivity index (χ1) is 7.16. The van der Waals surface area contributed by atoms with Crippen molar-refractivity contribution in [3.63, 3.8) is 0 Å². The second-order valence-corrected chi connectivity index (χ2v) is 3.27. The first-order valence-electron chi connectivity index (χ1n) is 4.49. The van der Waals surface area contributed by atoms with E-state index in [2.05, 4.69) is 4.98 Å². The minimum Gasteiger partial charge on any atom is -0.440 e. The van der Waals surface area contributed by atoms with Crippen LogP contribution in [0.1, 0.15) is 16.2 Å². The molecule has 1 amide bonds. The summed E-state index contributed by atoms with van der Waals surface area (Å²) >= 11 is 0. The predicted molar refractivity (Wildman–Crippen MR) is 55.2 cm³/mol. The third kappa shape index (κ3) is 1.88. The van der Waals surface area contributed by atoms with Crippen molar-refractivity contribution < 1.29 is 9.21 Å². The Morgan fingerprint density at radius 2 is 2.27 bits per heavy atom. The molecule has 0 bridgehead atoms. The summed E-state index contributed by atoms with van der Waals surface area (Å²) in [7, 11) is 0. The number of hydrogen-bond donors (Lipinski definition) is 1. The molecule has 1 aromatic carbocycles. The maximum atomic E-state index is 10.8. The second-order valence-electron chi connectivity index (χ2n) is 3.27. The summed E-state index contributed by atoms with van der Waals surface area (Å²) in [6.07, 6.45) is 1.43. The van der Waals surface area contributed by atoms with E-state index >= 15 is 0 Å². The Morgan fingerprint density at radius 1 is 1.47 bits per heavy atom. The number of benzene rings is 1. The number of nitrogens with zero attached hydrogens (tertiary/aromatic N) is 1. The lowest BCUT2D eigenvalue weighted by atomic mass is 10.1. The van der Waals surface area contributed by atoms with E-state index < -0.39 is 5.91 Å². The van der Waals surface area contributed by atoms with Crippen LogP contribution in [0.2, 0.25) is 0 Å². The standard InChI is InChI=1S/C11H10N2O2/c1-7-3-2-4-8(5-7)9-6-15-11(13-9)10(12)14/h2-6H,1H3,(H2,12,14). The highest BCUT2D eigenvalue weighted by atomic mass is 16.3. The lowest BCUT2D eigenvalue weighted by molar-refractivity contribution is 0.0967. The maximum Gasteiger partial charge on any atom is 0.304 e. The van der Waals surface area contributed by atoms with Gasteiger partial charge in [0.2, 0.25) is 0 Å². The molecule has 1 heterocycles. The molecule has 2 N–H and O–H groups in total. The number of carbonyl (C=O) groups excluding carboxylic acids is 1. The third-order valence-corrected chi connectivity index (χ3v) is 2.03. The summed E-state index contributed by atoms with van der Waals surface area (Å²) in [5, 5.41) is 0. The van der Waals surface area contributed by atoms with Crippen molar-refractivity contribution in [2.24, 2.45) is 5.73 Å². The highest BCUT2D eigenvalue weighted by Crippen LogP contribution is 2.19. The van der Waals surface area contributed by atoms with E-state index in [1.165, 1.54) is 6.26 Å². The average Bonchev–Trinajstić information content (AvgIpc) is 2.66. The zero-order valence-electron chi connectivity index (χ0n) is 8.23. The first kappa shape index (κ1) is 9.45. The van der Waals surface area contributed by atoms with Crippen LogP contribution in [0.3, 0.4) is 0 Å². The SMILES string of the molecule is Cc1cccc(-c2coc(C(N)=O)n2)c1. The number of primary amides is 1. The van der Waals surface area contributed by atoms with Crippen molar-refractivity contribution in [3.8, 4) is 11.3 Å². The monoisotopic (exact) mass is 202 g/mol. The zero-order chi connectivity index (χ0) is 10.8. The Hall–Kier alpha value is -2.10. The minimum atomic E-state index is -0.658. The summed E-state index contributed by atoms with van der Waals surface area (Å²) < 4.78 is 4.93. The van der Waals surface area contributed by atoms with Crippen molar-refractivity contribution in [3.05, 3.63) is 42.0 Å². The first-order valence-corrected chi connectivity index (χ1v) is 4.49. The molecule has 2 rings (SSSR count). The predicted octanol–water partition coefficient (Wildman–Crippen LogP) is 1.75. The summed E-state index contributed by atoms with van der Waals surface area (Å²) in [6, 6.07) is 7.76. The Labute approximate surface area is 86.7 Å². The van der Waals surface area contributed by atoms with Gasteiger partial charge in [-0.05, 0) is 13.0 Å². The maximum absolute atomic E-state index is 10.8. The van der Waals surface area contributed by atoms with Gasteiger partial charge < -0.3 is 10.2 Å². The third-order valence-electron chi connectivity index (χ3n) is 2.03. The lowest BCUT2D eigenvalue weighted by Crippen LogP contribution is -2.10. The van der Waals surface area contributed by atoms with Crippen LogP contribution < -0.4 is 5.73 Å². The van der Waals surface area contributed by atoms with Crippen LogP contribution in [-0.4, -0.2) is 10.9 Å². The molecule has 0 saturated heterocycles. The molecule has 15 heavy (non-hydrogen) atoms. The summed E-state index contributed by atoms with van der Waals surface area (Å²) in [6.45, 7) is 1.98. The van der Waals surface area contributed by atoms with Crippen LogP contribution in [0, 0.1) is 6.92 Å². The van der Waals surface area contributed by atoms with E-state index in [0.717, 1.165) is 11.1 Å². The second kappa shape index (κ2) is 3.57. The molecule has 0 radical (unpaired) electrons. The Morgan fingerprint density at radius 3 is 2.87 bits per heavy atom. The molecule has 76 valence electrons. The number of hydrogen-bond acceptors (Lipinski definition) is 3. The molecule has 0 spiro atoms. The summed E-state index contributed by atoms with van der Waals surface area (Å²) in [5.41, 5.74) is 7.69. The van der Waals surface area contributed by atoms with Crippen molar-refractivity contribution in [2.75, 3.05) is 0 Å². The number of aryl methyl sites for hydroxylation is 1. The molecule has 0 aliphatic rings. The van der Waals surface area contributed by atoms with E-state index in [9.17, 15) is 4.79 Å². The topological polar surface area (TPSA) is 69.1 Å². The summed E-state index contributed by atoms with van der Waals surface area (Å²) in [4.78, 5) is 14.8. The van der Waals surface area contributed by atoms with Gasteiger partial charge in [0.05, 0.1) is 0 Å². The minimum absolute atomic E-state index is 0.0634. The van der Waals surface area contributed by atoms with E-state index in [4.69, 9.17) is 10.2 Å². The molecule has 4 nitrogen and oxygen atoms in total. The van der Waals surface area contributed by atoms with E-state index in [0.29, 0.717) is 5.69 Å². The smallest absolute Gasteiger partial charge is 0.304 e. The molecule has 0 aliphatic heterocycles. The Bertz CT molecular complexity index is 503. The highest BCUT2D eigenvalue weighted by Gasteiger charge is 2.10. The molecule has 0 unspecified atom stereocenters. The lowest BCUT2D eigenvalue weighted by Gasteiger charge is -1.96. The fraction of sp³-hybridized carbons (Fsp3) is 0.0909. The van der Waals surface area contributed by atoms with Crippen molar-refractivity contribution in [1.82, 2.24) is 4.98 Å². The normalized spacial score (nSPS) is 10.2. The van der Waals surface area contributed by atoms with E-state index in [1.54, 1.807) is 0 Å². The number of aromatic nitrogens is 1. The van der Waals surface area contributed by atoms with Crippen LogP contribution in [0.4, 0.5) is 0 Å². The van der Waals surface area contributed by atoms with Crippen LogP contribution in [0.25, 0.3) is 11.3 Å². The fourth-order valence-electron chi connectivity index (χ4n) is 1.32. The highest BCUT2D eigenvalue weighted by molar-refractivity contribution is 5.88. The molecule has 1 aromatic heterocycles. The quantitative estimate of drug-likeness (QED) is 0.806.